The van der Waals surface area contributed by atoms with E-state index in [4.69, 9.17) is 33.8 Å². The predicted molar refractivity (Wildman–Crippen MR) is 262 cm³/mol. The van der Waals surface area contributed by atoms with Crippen molar-refractivity contribution < 1.29 is 77.3 Å². The Hall–Kier alpha value is -7.74. The number of esters is 4. The van der Waals surface area contributed by atoms with Gasteiger partial charge in [0.2, 0.25) is 6.10 Å². The maximum atomic E-state index is 15.8. The van der Waals surface area contributed by atoms with Crippen molar-refractivity contribution in [3.63, 3.8) is 0 Å². The topological polar surface area (TPSA) is 283 Å². The maximum absolute atomic E-state index is 15.8. The third-order valence-corrected chi connectivity index (χ3v) is 15.1. The molecule has 8 rings (SSSR count). The first-order chi connectivity index (χ1) is 35.1. The van der Waals surface area contributed by atoms with Crippen LogP contribution in [0.3, 0.4) is 0 Å². The number of aliphatic hydroxyl groups is 2. The van der Waals surface area contributed by atoms with E-state index in [1.165, 1.54) is 70.2 Å². The molecule has 2 bridgehead atoms. The van der Waals surface area contributed by atoms with Gasteiger partial charge in [0.1, 0.15) is 35.7 Å². The van der Waals surface area contributed by atoms with Crippen molar-refractivity contribution in [3.05, 3.63) is 143 Å². The van der Waals surface area contributed by atoms with Gasteiger partial charge < -0.3 is 54.5 Å². The minimum atomic E-state index is -2.51. The lowest BCUT2D eigenvalue weighted by Crippen LogP contribution is -2.82. The number of carbonyl (C=O) groups excluding carboxylic acids is 7. The van der Waals surface area contributed by atoms with E-state index < -0.39 is 119 Å². The first-order valence-corrected chi connectivity index (χ1v) is 23.9. The summed E-state index contributed by atoms with van der Waals surface area (Å²) in [6.07, 6.45) is -11.5. The second kappa shape index (κ2) is 20.3. The molecule has 4 aliphatic rings. The molecular formula is C55H57N3O16. The SMILES string of the molecule is CC(=O)OC1C(=O)[C@@]2(C)C([C@H](OC(=O)c3ccccc3)[C@]3(O)C[C@H](OC(=O)[C@H](OC(=O)Nc4ccc(O)c(C=N)c4)[C@@H](NC(=O)c4ccccc4)c4ccccc4)C(C)=C1C3(C)C)[C@]1(OC(C)=O)CO[C@@H]1C[C@@H]2O. The summed E-state index contributed by atoms with van der Waals surface area (Å²) in [5.74, 6) is -7.54. The fraction of sp³-hybridized carbons (Fsp3) is 0.382. The third kappa shape index (κ3) is 9.30. The van der Waals surface area contributed by atoms with Crippen molar-refractivity contribution in [1.29, 1.82) is 5.41 Å². The summed E-state index contributed by atoms with van der Waals surface area (Å²) in [5, 5.41) is 49.4. The van der Waals surface area contributed by atoms with E-state index in [9.17, 15) is 39.3 Å². The van der Waals surface area contributed by atoms with Gasteiger partial charge in [-0.15, -0.1) is 0 Å². The van der Waals surface area contributed by atoms with Gasteiger partial charge >= 0.3 is 30.0 Å². The minimum Gasteiger partial charge on any atom is -0.507 e. The second-order valence-electron chi connectivity index (χ2n) is 19.8. The zero-order valence-corrected chi connectivity index (χ0v) is 41.4. The van der Waals surface area contributed by atoms with E-state index in [0.717, 1.165) is 20.1 Å². The molecular weight excluding hydrogens is 959 g/mol. The third-order valence-electron chi connectivity index (χ3n) is 15.1. The first-order valence-electron chi connectivity index (χ1n) is 23.9. The molecule has 19 heteroatoms. The van der Waals surface area contributed by atoms with Crippen LogP contribution in [0.4, 0.5) is 10.5 Å². The number of aliphatic hydroxyl groups excluding tert-OH is 1. The minimum absolute atomic E-state index is 0.0240. The fourth-order valence-corrected chi connectivity index (χ4v) is 11.3. The zero-order valence-electron chi connectivity index (χ0n) is 41.4. The largest absolute Gasteiger partial charge is 0.507 e. The molecule has 0 aromatic heterocycles. The van der Waals surface area contributed by atoms with Gasteiger partial charge in [0.25, 0.3) is 5.91 Å². The van der Waals surface area contributed by atoms with Crippen LogP contribution in [0.5, 0.6) is 5.75 Å². The van der Waals surface area contributed by atoms with Crippen molar-refractivity contribution >= 4 is 53.6 Å². The van der Waals surface area contributed by atoms with Crippen LogP contribution in [0.25, 0.3) is 0 Å². The number of nitrogens with one attached hydrogen (secondary N) is 3. The molecule has 2 amide bonds. The highest BCUT2D eigenvalue weighted by atomic mass is 16.6. The van der Waals surface area contributed by atoms with Crippen LogP contribution >= 0.6 is 0 Å². The molecule has 0 radical (unpaired) electrons. The highest BCUT2D eigenvalue weighted by molar-refractivity contribution is 5.97. The van der Waals surface area contributed by atoms with Gasteiger partial charge in [-0.05, 0) is 73.0 Å². The van der Waals surface area contributed by atoms with E-state index in [-0.39, 0.29) is 57.9 Å². The molecule has 2 saturated carbocycles. The van der Waals surface area contributed by atoms with E-state index in [0.29, 0.717) is 0 Å². The summed E-state index contributed by atoms with van der Waals surface area (Å²) in [6, 6.07) is 26.1. The number of hydrogen-bond donors (Lipinski definition) is 6. The fourth-order valence-electron chi connectivity index (χ4n) is 11.3. The molecule has 1 heterocycles. The Morgan fingerprint density at radius 2 is 1.46 bits per heavy atom. The van der Waals surface area contributed by atoms with Gasteiger partial charge in [0, 0.05) is 55.1 Å². The quantitative estimate of drug-likeness (QED) is 0.0308. The average Bonchev–Trinajstić information content (AvgIpc) is 3.37. The summed E-state index contributed by atoms with van der Waals surface area (Å²) in [4.78, 5) is 100. The van der Waals surface area contributed by atoms with Crippen molar-refractivity contribution in [2.45, 2.75) is 108 Å². The molecule has 11 atom stereocenters. The summed E-state index contributed by atoms with van der Waals surface area (Å²) < 4.78 is 36.7. The van der Waals surface area contributed by atoms with Crippen LogP contribution in [-0.2, 0) is 47.6 Å². The van der Waals surface area contributed by atoms with Gasteiger partial charge in [0.15, 0.2) is 17.5 Å². The highest BCUT2D eigenvalue weighted by Gasteiger charge is 2.78. The number of rotatable bonds is 13. The number of phenolic OH excluding ortho intramolecular Hbond substituents is 1. The van der Waals surface area contributed by atoms with E-state index >= 15 is 9.59 Å². The summed E-state index contributed by atoms with van der Waals surface area (Å²) in [6.45, 7) is 7.74. The molecule has 388 valence electrons. The van der Waals surface area contributed by atoms with E-state index in [1.54, 1.807) is 66.7 Å². The van der Waals surface area contributed by atoms with Crippen LogP contribution in [0.15, 0.2) is 120 Å². The number of ketones is 1. The van der Waals surface area contributed by atoms with Crippen LogP contribution in [0.1, 0.15) is 92.3 Å². The molecule has 3 fully saturated rings. The van der Waals surface area contributed by atoms with E-state index in [1.807, 2.05) is 0 Å². The molecule has 1 saturated heterocycles. The van der Waals surface area contributed by atoms with Crippen molar-refractivity contribution in [2.75, 3.05) is 11.9 Å². The number of phenols is 1. The summed E-state index contributed by atoms with van der Waals surface area (Å²) in [7, 11) is 0. The number of hydrogen-bond acceptors (Lipinski definition) is 17. The Kier molecular flexibility index (Phi) is 14.4. The molecule has 4 aromatic carbocycles. The number of benzene rings is 4. The number of amides is 2. The Morgan fingerprint density at radius 3 is 2.04 bits per heavy atom. The van der Waals surface area contributed by atoms with Crippen molar-refractivity contribution in [3.8, 4) is 5.75 Å². The number of anilines is 1. The molecule has 0 spiro atoms. The molecule has 3 aliphatic carbocycles. The van der Waals surface area contributed by atoms with Gasteiger partial charge in [-0.2, -0.15) is 0 Å². The predicted octanol–water partition coefficient (Wildman–Crippen LogP) is 5.70. The summed E-state index contributed by atoms with van der Waals surface area (Å²) in [5.41, 5.74) is -7.69. The van der Waals surface area contributed by atoms with Gasteiger partial charge in [-0.25, -0.2) is 14.4 Å². The van der Waals surface area contributed by atoms with Crippen molar-refractivity contribution in [1.82, 2.24) is 5.32 Å². The monoisotopic (exact) mass is 1020 g/mol. The molecule has 74 heavy (non-hydrogen) atoms. The second-order valence-corrected chi connectivity index (χ2v) is 19.8. The van der Waals surface area contributed by atoms with Gasteiger partial charge in [-0.3, -0.25) is 24.5 Å². The van der Waals surface area contributed by atoms with Crippen LogP contribution in [-0.4, -0.2) is 118 Å². The number of fused-ring (bicyclic) bond motifs is 5. The Morgan fingerprint density at radius 1 is 0.838 bits per heavy atom. The standard InChI is InChI=1S/C55H57N3O16/c1-29-38(71-50(66)44(72-51(67)57-36-22-23-37(61)35(24-36)27-56)42(32-16-10-7-11-17-32)58-48(64)33-18-12-8-13-19-33)26-55(68)47(73-49(65)34-20-14-9-15-21-34)45-53(6,39(62)25-40-54(45,28-69-40)74-31(3)60)46(63)43(70-30(2)59)41(29)52(55,4)5/h7-24,27,38-40,42-45,47,56,61-62,68H,25-26,28H2,1-6H3,(H,57,67)(H,58,64)/t38-,39-,40+,42-,43?,44+,45?,47-,53+,54-,55+/m0/s1. The zero-order chi connectivity index (χ0) is 53.5. The van der Waals surface area contributed by atoms with Gasteiger partial charge in [0.05, 0.1) is 29.6 Å². The lowest BCUT2D eigenvalue weighted by molar-refractivity contribution is -0.346. The molecule has 4 aromatic rings. The molecule has 6 N–H and O–H groups in total. The molecule has 1 aliphatic heterocycles. The highest BCUT2D eigenvalue weighted by Crippen LogP contribution is 2.64. The van der Waals surface area contributed by atoms with Crippen LogP contribution in [0.2, 0.25) is 0 Å². The number of carbonyl (C=O) groups is 7. The normalized spacial score (nSPS) is 28.4. The molecule has 19 nitrogen and oxygen atoms in total. The van der Waals surface area contributed by atoms with Crippen molar-refractivity contribution in [2.24, 2.45) is 16.7 Å². The lowest BCUT2D eigenvalue weighted by atomic mass is 9.44. The smallest absolute Gasteiger partial charge is 0.412 e. The lowest BCUT2D eigenvalue weighted by Gasteiger charge is -2.67. The first kappa shape index (κ1) is 52.6. The Bertz CT molecular complexity index is 2910. The Labute approximate surface area is 425 Å². The average molecular weight is 1020 g/mol. The van der Waals surface area contributed by atoms with Gasteiger partial charge in [-0.1, -0.05) is 80.6 Å². The maximum Gasteiger partial charge on any atom is 0.412 e. The van der Waals surface area contributed by atoms with Crippen LogP contribution < -0.4 is 10.6 Å². The summed E-state index contributed by atoms with van der Waals surface area (Å²) >= 11 is 0. The number of aromatic hydroxyl groups is 1. The number of ether oxygens (including phenoxy) is 6. The van der Waals surface area contributed by atoms with E-state index in [2.05, 4.69) is 10.6 Å². The number of Topliss-reactive ketones (excluding diaryl/α,β-unsaturated/α-hetero) is 1. The Balaban J connectivity index is 1.30. The molecule has 2 unspecified atom stereocenters. The van der Waals surface area contributed by atoms with Crippen LogP contribution in [0, 0.1) is 22.2 Å².